The molecular formula is C114H98N4. The standard InChI is InChI=1S/C114H98N4/c1-67-55-59-111(5)107(67)89-63-73(39-51-93(89)115(111)77-31-19-11-20-32-77)81-43-47-85-101-86(48-44-82(99(81)101)74-40-52-94-90(64-74)108-68(2)56-60-112(108,6)116(94)78-33-21-12-22-34-78)104-98(72-29-17-10-18-30-72)106-88-50-46-84(76-42-54-96-92(66-76)110-70(4)58-62-114(110,8)118(96)80-37-25-14-26-38-80)100-83(45-49-87(102(88)100)105(106)97(103(85)104)71-27-15-9-16-28-71)75-41-53-95-91(65-75)109-69(3)57-61-113(109,7)117(95)79-35-23-13-24-36-79/h9-54,63-70,107-110H,55-62H2,1-8H3. The van der Waals surface area contributed by atoms with Crippen molar-refractivity contribution in [1.82, 2.24) is 0 Å². The van der Waals surface area contributed by atoms with E-state index in [4.69, 9.17) is 0 Å². The molecule has 0 bridgehead atoms. The first-order valence-corrected chi connectivity index (χ1v) is 44.2. The minimum absolute atomic E-state index is 0.0401. The Kier molecular flexibility index (Phi) is 14.5. The van der Waals surface area contributed by atoms with Gasteiger partial charge in [0.05, 0.1) is 0 Å². The van der Waals surface area contributed by atoms with E-state index in [-0.39, 0.29) is 22.2 Å². The van der Waals surface area contributed by atoms with Gasteiger partial charge in [0.15, 0.2) is 0 Å². The molecule has 4 saturated carbocycles. The van der Waals surface area contributed by atoms with Crippen LogP contribution in [0.2, 0.25) is 0 Å². The highest BCUT2D eigenvalue weighted by Gasteiger charge is 2.59. The normalized spacial score (nSPS) is 25.8. The summed E-state index contributed by atoms with van der Waals surface area (Å²) in [5.74, 6) is 3.69. The molecule has 0 spiro atoms. The van der Waals surface area contributed by atoms with Gasteiger partial charge in [-0.3, -0.25) is 0 Å². The largest absolute Gasteiger partial charge is 0.335 e. The third-order valence-electron chi connectivity index (χ3n) is 32.2. The molecule has 0 saturated heterocycles. The molecule has 17 aromatic carbocycles. The smallest absolute Gasteiger partial charge is 0.0495 e. The van der Waals surface area contributed by atoms with E-state index in [0.29, 0.717) is 47.3 Å². The minimum atomic E-state index is -0.0401. The third-order valence-corrected chi connectivity index (χ3v) is 32.2. The Labute approximate surface area is 693 Å². The molecule has 4 heteroatoms. The van der Waals surface area contributed by atoms with Gasteiger partial charge in [-0.2, -0.15) is 0 Å². The van der Waals surface area contributed by atoms with E-state index in [1.54, 1.807) is 0 Å². The molecule has 4 nitrogen and oxygen atoms in total. The zero-order valence-electron chi connectivity index (χ0n) is 68.9. The molecule has 574 valence electrons. The van der Waals surface area contributed by atoms with Gasteiger partial charge in [-0.05, 0) is 353 Å². The number of anilines is 8. The SMILES string of the molecule is CC1CCC2(C)C1c1cc(-c3ccc4c5c(-c6ccccc6)c6c7ccc(-c8ccc9c(c8)C8C(C)CCC8(C)N9c8ccccc8)c8c(-c9ccc%10c(c9)C9C(C)CCC9(C)N%10c9ccccc9)ccc(c6c(-c6ccccc6)c5c5ccc(-c6ccc9c(c6)C6C(C)CCC6(C)N9c6ccccc6)c3c45)c87)ccc1N2c1ccccc1. The Balaban J connectivity index is 0.789. The van der Waals surface area contributed by atoms with Crippen molar-refractivity contribution in [1.29, 1.82) is 0 Å². The summed E-state index contributed by atoms with van der Waals surface area (Å²) in [5.41, 5.74) is 31.8. The Morgan fingerprint density at radius 2 is 0.441 bits per heavy atom. The number of para-hydroxylation sites is 4. The van der Waals surface area contributed by atoms with Gasteiger partial charge in [-0.25, -0.2) is 0 Å². The second kappa shape index (κ2) is 24.8. The summed E-state index contributed by atoms with van der Waals surface area (Å²) in [5, 5.41) is 15.9. The maximum atomic E-state index is 2.72. The minimum Gasteiger partial charge on any atom is -0.335 e. The second-order valence-corrected chi connectivity index (χ2v) is 38.3. The van der Waals surface area contributed by atoms with Gasteiger partial charge in [0, 0.05) is 91.3 Å². The third kappa shape index (κ3) is 9.11. The van der Waals surface area contributed by atoms with Crippen LogP contribution in [-0.2, 0) is 0 Å². The lowest BCUT2D eigenvalue weighted by molar-refractivity contribution is 0.414. The first-order chi connectivity index (χ1) is 57.7. The molecule has 0 N–H and O–H groups in total. The number of rotatable bonds is 10. The van der Waals surface area contributed by atoms with Crippen LogP contribution in [0.5, 0.6) is 0 Å². The number of nitrogens with zero attached hydrogens (tertiary/aromatic N) is 4. The molecule has 8 aliphatic rings. The lowest BCUT2D eigenvalue weighted by Crippen LogP contribution is -2.40. The monoisotopic (exact) mass is 1520 g/mol. The fraction of sp³-hybridized carbons (Fsp3) is 0.246. The van der Waals surface area contributed by atoms with Crippen molar-refractivity contribution in [2.24, 2.45) is 23.7 Å². The summed E-state index contributed by atoms with van der Waals surface area (Å²) in [6.45, 7) is 20.3. The number of benzene rings is 15. The molecule has 12 unspecified atom stereocenters. The van der Waals surface area contributed by atoms with Gasteiger partial charge in [-0.15, -0.1) is 0 Å². The summed E-state index contributed by atoms with van der Waals surface area (Å²) < 4.78 is 0. The molecule has 4 aliphatic heterocycles. The fourth-order valence-corrected chi connectivity index (χ4v) is 27.6. The van der Waals surface area contributed by atoms with Crippen LogP contribution in [0.1, 0.15) is 153 Å². The maximum Gasteiger partial charge on any atom is 0.0495 e. The van der Waals surface area contributed by atoms with Gasteiger partial charge in [0.1, 0.15) is 0 Å². The maximum absolute atomic E-state index is 2.72. The topological polar surface area (TPSA) is 13.0 Å². The van der Waals surface area contributed by atoms with Crippen LogP contribution in [0.25, 0.3) is 131 Å². The number of fused-ring (bicyclic) bond motifs is 18. The molecule has 12 atom stereocenters. The van der Waals surface area contributed by atoms with Crippen LogP contribution in [0.15, 0.2) is 303 Å². The summed E-state index contributed by atoms with van der Waals surface area (Å²) in [6, 6.07) is 120. The Bertz CT molecular complexity index is 6230. The molecule has 17 aromatic rings. The average molecular weight is 1520 g/mol. The van der Waals surface area contributed by atoms with Crippen molar-refractivity contribution in [3.63, 3.8) is 0 Å². The summed E-state index contributed by atoms with van der Waals surface area (Å²) in [7, 11) is 0. The van der Waals surface area contributed by atoms with Crippen LogP contribution in [0.4, 0.5) is 45.5 Å². The van der Waals surface area contributed by atoms with Crippen molar-refractivity contribution in [3.05, 3.63) is 326 Å². The van der Waals surface area contributed by atoms with E-state index in [2.05, 4.69) is 378 Å². The molecule has 0 amide bonds. The highest BCUT2D eigenvalue weighted by Crippen LogP contribution is 2.68. The summed E-state index contributed by atoms with van der Waals surface area (Å²) in [4.78, 5) is 10.9. The zero-order chi connectivity index (χ0) is 78.7. The first kappa shape index (κ1) is 69.2. The second-order valence-electron chi connectivity index (χ2n) is 38.3. The van der Waals surface area contributed by atoms with Crippen molar-refractivity contribution in [3.8, 4) is 66.8 Å². The van der Waals surface area contributed by atoms with E-state index >= 15 is 0 Å². The van der Waals surface area contributed by atoms with Crippen molar-refractivity contribution >= 4 is 110 Å². The van der Waals surface area contributed by atoms with Gasteiger partial charge < -0.3 is 19.6 Å². The van der Waals surface area contributed by atoms with Gasteiger partial charge in [-0.1, -0.05) is 234 Å². The first-order valence-electron chi connectivity index (χ1n) is 44.2. The predicted molar refractivity (Wildman–Crippen MR) is 499 cm³/mol. The molecule has 4 fully saturated rings. The Morgan fingerprint density at radius 3 is 0.669 bits per heavy atom. The lowest BCUT2D eigenvalue weighted by atomic mass is 9.81. The molecule has 0 aromatic heterocycles. The van der Waals surface area contributed by atoms with Crippen molar-refractivity contribution < 1.29 is 0 Å². The molecule has 118 heavy (non-hydrogen) atoms. The number of hydrogen-bond donors (Lipinski definition) is 0. The molecule has 25 rings (SSSR count). The van der Waals surface area contributed by atoms with E-state index in [1.807, 2.05) is 0 Å². The highest BCUT2D eigenvalue weighted by atomic mass is 15.3. The van der Waals surface area contributed by atoms with E-state index in [9.17, 15) is 0 Å². The summed E-state index contributed by atoms with van der Waals surface area (Å²) in [6.07, 6.45) is 9.46. The Morgan fingerprint density at radius 1 is 0.220 bits per heavy atom. The zero-order valence-corrected chi connectivity index (χ0v) is 68.9. The fourth-order valence-electron chi connectivity index (χ4n) is 27.6. The van der Waals surface area contributed by atoms with Gasteiger partial charge >= 0.3 is 0 Å². The average Bonchev–Trinajstić information content (AvgIpc) is 1.50. The molecule has 0 radical (unpaired) electrons. The lowest BCUT2D eigenvalue weighted by Gasteiger charge is -2.38. The molecular weight excluding hydrogens is 1430 g/mol. The predicted octanol–water partition coefficient (Wildman–Crippen LogP) is 31.2. The van der Waals surface area contributed by atoms with Crippen LogP contribution >= 0.6 is 0 Å². The van der Waals surface area contributed by atoms with E-state index in [0.717, 1.165) is 25.7 Å². The van der Waals surface area contributed by atoms with Crippen LogP contribution < -0.4 is 19.6 Å². The van der Waals surface area contributed by atoms with E-state index in [1.165, 1.54) is 225 Å². The highest BCUT2D eigenvalue weighted by molar-refractivity contribution is 6.48. The molecule has 4 heterocycles. The number of hydrogen-bond acceptors (Lipinski definition) is 4. The van der Waals surface area contributed by atoms with Crippen LogP contribution in [0.3, 0.4) is 0 Å². The van der Waals surface area contributed by atoms with Gasteiger partial charge in [0.25, 0.3) is 0 Å². The van der Waals surface area contributed by atoms with Crippen LogP contribution in [-0.4, -0.2) is 22.2 Å². The Hall–Kier alpha value is -12.0. The van der Waals surface area contributed by atoms with Crippen molar-refractivity contribution in [2.45, 2.75) is 153 Å². The quantitative estimate of drug-likeness (QED) is 0.135. The van der Waals surface area contributed by atoms with Crippen molar-refractivity contribution in [2.75, 3.05) is 19.6 Å². The summed E-state index contributed by atoms with van der Waals surface area (Å²) >= 11 is 0. The van der Waals surface area contributed by atoms with Gasteiger partial charge in [0.2, 0.25) is 0 Å². The van der Waals surface area contributed by atoms with E-state index < -0.39 is 0 Å². The van der Waals surface area contributed by atoms with Crippen LogP contribution in [0, 0.1) is 23.7 Å². The molecule has 4 aliphatic carbocycles.